The smallest absolute Gasteiger partial charge is 0.304 e. The van der Waals surface area contributed by atoms with Gasteiger partial charge in [-0.25, -0.2) is 8.42 Å². The third kappa shape index (κ3) is 6.86. The standard InChI is InChI=1S/C33H34O6S/c1-2-25(20-33(34)35)26-8-10-29(11-9-26)38-22-24-6-7-27-4-3-5-28-19-30(12-13-31(28)32(27)18-24)39-21-23-14-16-40(36,37)17-15-23/h1,6-13,18-19,23,25H,3-5,14-17,20-22H2,(H,34,35). The monoisotopic (exact) mass is 558 g/mol. The third-order valence-electron chi connectivity index (χ3n) is 7.86. The molecule has 1 N–H and O–H groups in total. The fraction of sp³-hybridized carbons (Fsp3) is 0.364. The summed E-state index contributed by atoms with van der Waals surface area (Å²) in [6.45, 7) is 0.963. The number of hydrogen-bond acceptors (Lipinski definition) is 5. The highest BCUT2D eigenvalue weighted by molar-refractivity contribution is 7.91. The molecular formula is C33H34O6S. The van der Waals surface area contributed by atoms with Crippen molar-refractivity contribution >= 4 is 15.8 Å². The summed E-state index contributed by atoms with van der Waals surface area (Å²) in [5, 5.41) is 9.06. The van der Waals surface area contributed by atoms with E-state index in [4.69, 9.17) is 21.0 Å². The molecule has 7 heteroatoms. The van der Waals surface area contributed by atoms with Crippen LogP contribution in [0, 0.1) is 18.3 Å². The maximum atomic E-state index is 11.7. The van der Waals surface area contributed by atoms with E-state index in [1.54, 1.807) is 0 Å². The first-order valence-corrected chi connectivity index (χ1v) is 15.6. The quantitative estimate of drug-likeness (QED) is 0.333. The lowest BCUT2D eigenvalue weighted by Gasteiger charge is -2.22. The van der Waals surface area contributed by atoms with Gasteiger partial charge < -0.3 is 14.6 Å². The van der Waals surface area contributed by atoms with Crippen molar-refractivity contribution in [1.82, 2.24) is 0 Å². The van der Waals surface area contributed by atoms with Crippen LogP contribution in [0.3, 0.4) is 0 Å². The Morgan fingerprint density at radius 3 is 2.38 bits per heavy atom. The first-order valence-electron chi connectivity index (χ1n) is 13.8. The van der Waals surface area contributed by atoms with Crippen LogP contribution >= 0.6 is 0 Å². The molecule has 1 fully saturated rings. The maximum Gasteiger partial charge on any atom is 0.304 e. The number of carboxylic acid groups (broad SMARTS) is 1. The van der Waals surface area contributed by atoms with Gasteiger partial charge in [0.1, 0.15) is 27.9 Å². The van der Waals surface area contributed by atoms with Crippen molar-refractivity contribution in [3.63, 3.8) is 0 Å². The highest BCUT2D eigenvalue weighted by Crippen LogP contribution is 2.36. The summed E-state index contributed by atoms with van der Waals surface area (Å²) < 4.78 is 35.6. The van der Waals surface area contributed by atoms with E-state index < -0.39 is 21.7 Å². The maximum absolute atomic E-state index is 11.7. The molecule has 3 aromatic rings. The highest BCUT2D eigenvalue weighted by atomic mass is 32.2. The van der Waals surface area contributed by atoms with Crippen molar-refractivity contribution < 1.29 is 27.8 Å². The average molecular weight is 559 g/mol. The molecule has 1 heterocycles. The third-order valence-corrected chi connectivity index (χ3v) is 9.58. The molecule has 1 saturated heterocycles. The molecule has 0 spiro atoms. The second kappa shape index (κ2) is 12.2. The van der Waals surface area contributed by atoms with Crippen LogP contribution in [-0.4, -0.2) is 37.6 Å². The molecule has 1 unspecified atom stereocenters. The number of rotatable bonds is 9. The number of fused-ring (bicyclic) bond motifs is 3. The molecule has 0 saturated carbocycles. The van der Waals surface area contributed by atoms with Gasteiger partial charge in [0.2, 0.25) is 0 Å². The number of benzene rings is 3. The van der Waals surface area contributed by atoms with Crippen LogP contribution in [0.4, 0.5) is 0 Å². The average Bonchev–Trinajstić information content (AvgIpc) is 3.13. The van der Waals surface area contributed by atoms with E-state index in [1.807, 2.05) is 30.3 Å². The predicted molar refractivity (Wildman–Crippen MR) is 155 cm³/mol. The summed E-state index contributed by atoms with van der Waals surface area (Å²) >= 11 is 0. The molecule has 40 heavy (non-hydrogen) atoms. The lowest BCUT2D eigenvalue weighted by Crippen LogP contribution is -2.26. The molecule has 0 bridgehead atoms. The second-order valence-electron chi connectivity index (χ2n) is 10.7. The lowest BCUT2D eigenvalue weighted by atomic mass is 9.95. The molecule has 5 rings (SSSR count). The Hall–Kier alpha value is -3.76. The van der Waals surface area contributed by atoms with Gasteiger partial charge in [-0.2, -0.15) is 0 Å². The number of carbonyl (C=O) groups is 1. The van der Waals surface area contributed by atoms with E-state index in [0.717, 1.165) is 36.1 Å². The van der Waals surface area contributed by atoms with Gasteiger partial charge in [-0.05, 0) is 102 Å². The molecule has 1 atom stereocenters. The number of aliphatic carboxylic acids is 1. The number of sulfone groups is 1. The molecule has 0 amide bonds. The number of ether oxygens (including phenoxy) is 2. The summed E-state index contributed by atoms with van der Waals surface area (Å²) in [4.78, 5) is 11.0. The minimum absolute atomic E-state index is 0.103. The molecule has 1 aliphatic heterocycles. The molecule has 0 radical (unpaired) electrons. The van der Waals surface area contributed by atoms with E-state index in [9.17, 15) is 13.2 Å². The zero-order valence-corrected chi connectivity index (χ0v) is 23.3. The number of terminal acetylenes is 1. The zero-order valence-electron chi connectivity index (χ0n) is 22.5. The van der Waals surface area contributed by atoms with Crippen LogP contribution < -0.4 is 9.47 Å². The van der Waals surface area contributed by atoms with Gasteiger partial charge in [0, 0.05) is 0 Å². The SMILES string of the molecule is C#CC(CC(=O)O)c1ccc(OCc2ccc3c(c2)-c2ccc(OCC4CCS(=O)(=O)CC4)cc2CCC3)cc1. The minimum atomic E-state index is -2.87. The van der Waals surface area contributed by atoms with Gasteiger partial charge in [-0.1, -0.05) is 36.3 Å². The van der Waals surface area contributed by atoms with Crippen molar-refractivity contribution in [2.45, 2.75) is 51.0 Å². The van der Waals surface area contributed by atoms with Crippen molar-refractivity contribution in [2.75, 3.05) is 18.1 Å². The van der Waals surface area contributed by atoms with Gasteiger partial charge in [-0.15, -0.1) is 6.42 Å². The Balaban J connectivity index is 1.25. The number of hydrogen-bond donors (Lipinski definition) is 1. The molecule has 1 aliphatic carbocycles. The van der Waals surface area contributed by atoms with Gasteiger partial charge in [0.05, 0.1) is 30.5 Å². The topological polar surface area (TPSA) is 89.9 Å². The molecule has 2 aliphatic rings. The Morgan fingerprint density at radius 1 is 0.925 bits per heavy atom. The summed E-state index contributed by atoms with van der Waals surface area (Å²) in [5.74, 6) is 3.51. The predicted octanol–water partition coefficient (Wildman–Crippen LogP) is 5.82. The highest BCUT2D eigenvalue weighted by Gasteiger charge is 2.24. The lowest BCUT2D eigenvalue weighted by molar-refractivity contribution is -0.137. The van der Waals surface area contributed by atoms with Crippen molar-refractivity contribution in [3.8, 4) is 35.0 Å². The van der Waals surface area contributed by atoms with Gasteiger partial charge in [0.15, 0.2) is 0 Å². The first-order chi connectivity index (χ1) is 19.3. The van der Waals surface area contributed by atoms with Gasteiger partial charge in [-0.3, -0.25) is 4.79 Å². The Morgan fingerprint density at radius 2 is 1.65 bits per heavy atom. The van der Waals surface area contributed by atoms with E-state index >= 15 is 0 Å². The van der Waals surface area contributed by atoms with Crippen molar-refractivity contribution in [1.29, 1.82) is 0 Å². The molecule has 208 valence electrons. The summed E-state index contributed by atoms with van der Waals surface area (Å²) in [6, 6.07) is 20.1. The van der Waals surface area contributed by atoms with Crippen molar-refractivity contribution in [3.05, 3.63) is 82.9 Å². The molecule has 6 nitrogen and oxygen atoms in total. The number of carboxylic acids is 1. The Kier molecular flexibility index (Phi) is 8.46. The second-order valence-corrected chi connectivity index (χ2v) is 13.0. The molecule has 3 aromatic carbocycles. The number of aryl methyl sites for hydroxylation is 2. The molecular weight excluding hydrogens is 524 g/mol. The Labute approximate surface area is 236 Å². The summed E-state index contributed by atoms with van der Waals surface area (Å²) in [7, 11) is -2.87. The Bertz CT molecular complexity index is 1500. The van der Waals surface area contributed by atoms with Crippen LogP contribution in [0.25, 0.3) is 11.1 Å². The van der Waals surface area contributed by atoms with Crippen molar-refractivity contribution in [2.24, 2.45) is 5.92 Å². The summed E-state index contributed by atoms with van der Waals surface area (Å²) in [5.41, 5.74) is 6.87. The minimum Gasteiger partial charge on any atom is -0.493 e. The zero-order chi connectivity index (χ0) is 28.1. The normalized spacial score (nSPS) is 17.0. The van der Waals surface area contributed by atoms with Crippen LogP contribution in [0.2, 0.25) is 0 Å². The fourth-order valence-corrected chi connectivity index (χ4v) is 7.10. The fourth-order valence-electron chi connectivity index (χ4n) is 5.51. The first kappa shape index (κ1) is 27.8. The van der Waals surface area contributed by atoms with Crippen LogP contribution in [0.1, 0.15) is 53.9 Å². The van der Waals surface area contributed by atoms with Crippen LogP contribution in [0.15, 0.2) is 60.7 Å². The van der Waals surface area contributed by atoms with Gasteiger partial charge in [0.25, 0.3) is 0 Å². The van der Waals surface area contributed by atoms with Crippen LogP contribution in [-0.2, 0) is 34.1 Å². The van der Waals surface area contributed by atoms with E-state index in [-0.39, 0.29) is 23.8 Å². The molecule has 0 aromatic heterocycles. The van der Waals surface area contributed by atoms with E-state index in [2.05, 4.69) is 36.3 Å². The van der Waals surface area contributed by atoms with E-state index in [0.29, 0.717) is 31.8 Å². The largest absolute Gasteiger partial charge is 0.493 e. The van der Waals surface area contributed by atoms with E-state index in [1.165, 1.54) is 22.3 Å². The van der Waals surface area contributed by atoms with Gasteiger partial charge >= 0.3 is 5.97 Å². The summed E-state index contributed by atoms with van der Waals surface area (Å²) in [6.07, 6.45) is 9.80. The van der Waals surface area contributed by atoms with Crippen LogP contribution in [0.5, 0.6) is 11.5 Å².